The molecule has 78 valence electrons. The van der Waals surface area contributed by atoms with E-state index in [2.05, 4.69) is 0 Å². The van der Waals surface area contributed by atoms with E-state index in [1.165, 1.54) is 6.07 Å². The Balaban J connectivity index is 3.15. The van der Waals surface area contributed by atoms with Crippen molar-refractivity contribution in [2.45, 2.75) is 4.90 Å². The Morgan fingerprint density at radius 3 is 2.57 bits per heavy atom. The van der Waals surface area contributed by atoms with Crippen molar-refractivity contribution >= 4 is 21.4 Å². The molecule has 0 heterocycles. The summed E-state index contributed by atoms with van der Waals surface area (Å²) in [4.78, 5) is -0.00523. The third kappa shape index (κ3) is 2.43. The van der Waals surface area contributed by atoms with Gasteiger partial charge in [-0.3, -0.25) is 0 Å². The van der Waals surface area contributed by atoms with E-state index < -0.39 is 15.7 Å². The first-order valence-electron chi connectivity index (χ1n) is 3.85. The second-order valence-corrected chi connectivity index (χ2v) is 5.20. The molecule has 0 bridgehead atoms. The molecule has 1 aromatic rings. The van der Waals surface area contributed by atoms with Gasteiger partial charge in [-0.25, -0.2) is 12.8 Å². The molecule has 0 aliphatic rings. The lowest BCUT2D eigenvalue weighted by atomic mass is 10.3. The molecule has 3 nitrogen and oxygen atoms in total. The van der Waals surface area contributed by atoms with Gasteiger partial charge in [0.2, 0.25) is 0 Å². The molecule has 0 aliphatic carbocycles. The van der Waals surface area contributed by atoms with Crippen LogP contribution in [0, 0.1) is 5.82 Å². The van der Waals surface area contributed by atoms with Gasteiger partial charge >= 0.3 is 0 Å². The molecule has 0 saturated carbocycles. The van der Waals surface area contributed by atoms with Crippen molar-refractivity contribution < 1.29 is 12.8 Å². The summed E-state index contributed by atoms with van der Waals surface area (Å²) in [5.74, 6) is -0.812. The fraction of sp³-hybridized carbons (Fsp3) is 0.250. The minimum Gasteiger partial charge on any atom is -0.329 e. The lowest BCUT2D eigenvalue weighted by Gasteiger charge is -2.03. The van der Waals surface area contributed by atoms with Crippen molar-refractivity contribution in [3.63, 3.8) is 0 Å². The highest BCUT2D eigenvalue weighted by Crippen LogP contribution is 2.19. The highest BCUT2D eigenvalue weighted by atomic mass is 35.5. The molecule has 0 spiro atoms. The summed E-state index contributed by atoms with van der Waals surface area (Å²) >= 11 is 5.45. The molecule has 2 N–H and O–H groups in total. The van der Waals surface area contributed by atoms with Crippen LogP contribution in [-0.4, -0.2) is 20.7 Å². The zero-order chi connectivity index (χ0) is 10.8. The monoisotopic (exact) mass is 237 g/mol. The zero-order valence-electron chi connectivity index (χ0n) is 7.20. The van der Waals surface area contributed by atoms with Gasteiger partial charge in [0.25, 0.3) is 0 Å². The van der Waals surface area contributed by atoms with Gasteiger partial charge in [0.15, 0.2) is 9.84 Å². The van der Waals surface area contributed by atoms with Gasteiger partial charge in [0.1, 0.15) is 5.82 Å². The van der Waals surface area contributed by atoms with Gasteiger partial charge in [0, 0.05) is 6.54 Å². The summed E-state index contributed by atoms with van der Waals surface area (Å²) in [5, 5.41) is -0.205. The van der Waals surface area contributed by atoms with Crippen LogP contribution < -0.4 is 5.73 Å². The van der Waals surface area contributed by atoms with E-state index >= 15 is 0 Å². The largest absolute Gasteiger partial charge is 0.329 e. The van der Waals surface area contributed by atoms with Gasteiger partial charge in [-0.05, 0) is 18.2 Å². The number of hydrogen-bond acceptors (Lipinski definition) is 3. The maximum atomic E-state index is 12.7. The summed E-state index contributed by atoms with van der Waals surface area (Å²) in [5.41, 5.74) is 5.13. The molecule has 0 aromatic heterocycles. The fourth-order valence-electron chi connectivity index (χ4n) is 0.943. The Morgan fingerprint density at radius 1 is 1.43 bits per heavy atom. The second-order valence-electron chi connectivity index (χ2n) is 2.68. The van der Waals surface area contributed by atoms with E-state index in [4.69, 9.17) is 17.3 Å². The van der Waals surface area contributed by atoms with E-state index in [0.717, 1.165) is 12.1 Å². The number of benzene rings is 1. The average Bonchev–Trinajstić information content (AvgIpc) is 2.09. The first-order chi connectivity index (χ1) is 6.47. The van der Waals surface area contributed by atoms with Gasteiger partial charge in [-0.2, -0.15) is 0 Å². The topological polar surface area (TPSA) is 60.2 Å². The lowest BCUT2D eigenvalue weighted by molar-refractivity contribution is 0.594. The van der Waals surface area contributed by atoms with E-state index in [9.17, 15) is 12.8 Å². The molecule has 0 fully saturated rings. The molecule has 1 aromatic carbocycles. The van der Waals surface area contributed by atoms with Gasteiger partial charge in [-0.15, -0.1) is 0 Å². The molecule has 0 saturated heterocycles. The molecule has 0 radical (unpaired) electrons. The Hall–Kier alpha value is -0.650. The number of sulfone groups is 1. The Labute approximate surface area is 86.6 Å². The SMILES string of the molecule is NCCS(=O)(=O)c1ccc(F)c(Cl)c1. The van der Waals surface area contributed by atoms with E-state index in [1.807, 2.05) is 0 Å². The predicted octanol–water partition coefficient (Wildman–Crippen LogP) is 1.21. The first kappa shape index (κ1) is 11.4. The van der Waals surface area contributed by atoms with Crippen LogP contribution in [0.25, 0.3) is 0 Å². The number of hydrogen-bond donors (Lipinski definition) is 1. The molecule has 0 unspecified atom stereocenters. The highest BCUT2D eigenvalue weighted by Gasteiger charge is 2.14. The smallest absolute Gasteiger partial charge is 0.179 e. The van der Waals surface area contributed by atoms with Crippen LogP contribution in [0.4, 0.5) is 4.39 Å². The third-order valence-corrected chi connectivity index (χ3v) is 3.67. The standard InChI is InChI=1S/C8H9ClFNO2S/c9-7-5-6(1-2-8(7)10)14(12,13)4-3-11/h1-2,5H,3-4,11H2. The van der Waals surface area contributed by atoms with Crippen LogP contribution >= 0.6 is 11.6 Å². The maximum Gasteiger partial charge on any atom is 0.179 e. The summed E-state index contributed by atoms with van der Waals surface area (Å²) in [6, 6.07) is 3.28. The molecule has 1 rings (SSSR count). The summed E-state index contributed by atoms with van der Waals surface area (Å²) < 4.78 is 35.6. The third-order valence-electron chi connectivity index (χ3n) is 1.64. The van der Waals surface area contributed by atoms with Crippen molar-refractivity contribution in [2.24, 2.45) is 5.73 Å². The Kier molecular flexibility index (Phi) is 3.47. The highest BCUT2D eigenvalue weighted by molar-refractivity contribution is 7.91. The summed E-state index contributed by atoms with van der Waals surface area (Å²) in [6.07, 6.45) is 0. The fourth-order valence-corrected chi connectivity index (χ4v) is 2.31. The van der Waals surface area contributed by atoms with Crippen LogP contribution in [0.3, 0.4) is 0 Å². The average molecular weight is 238 g/mol. The van der Waals surface area contributed by atoms with Crippen LogP contribution in [0.5, 0.6) is 0 Å². The maximum absolute atomic E-state index is 12.7. The van der Waals surface area contributed by atoms with Gasteiger partial charge in [0.05, 0.1) is 15.7 Å². The molecule has 14 heavy (non-hydrogen) atoms. The van der Waals surface area contributed by atoms with Crippen LogP contribution in [-0.2, 0) is 9.84 Å². The van der Waals surface area contributed by atoms with Crippen LogP contribution in [0.2, 0.25) is 5.02 Å². The van der Waals surface area contributed by atoms with Crippen molar-refractivity contribution in [3.05, 3.63) is 29.0 Å². The van der Waals surface area contributed by atoms with Crippen molar-refractivity contribution in [1.82, 2.24) is 0 Å². The minimum atomic E-state index is -3.43. The molecule has 0 aliphatic heterocycles. The van der Waals surface area contributed by atoms with Gasteiger partial charge in [-0.1, -0.05) is 11.6 Å². The molecule has 0 atom stereocenters. The first-order valence-corrected chi connectivity index (χ1v) is 5.88. The minimum absolute atomic E-state index is 0.00523. The quantitative estimate of drug-likeness (QED) is 0.804. The zero-order valence-corrected chi connectivity index (χ0v) is 8.78. The predicted molar refractivity (Wildman–Crippen MR) is 52.5 cm³/mol. The Morgan fingerprint density at radius 2 is 2.07 bits per heavy atom. The second kappa shape index (κ2) is 4.25. The van der Waals surface area contributed by atoms with Crippen LogP contribution in [0.15, 0.2) is 23.1 Å². The normalized spacial score (nSPS) is 11.6. The summed E-state index contributed by atoms with van der Waals surface area (Å²) in [6.45, 7) is 0.0251. The molecular weight excluding hydrogens is 229 g/mol. The van der Waals surface area contributed by atoms with E-state index in [-0.39, 0.29) is 22.2 Å². The molecular formula is C8H9ClFNO2S. The number of rotatable bonds is 3. The molecule has 0 amide bonds. The van der Waals surface area contributed by atoms with E-state index in [1.54, 1.807) is 0 Å². The number of halogens is 2. The van der Waals surface area contributed by atoms with Crippen molar-refractivity contribution in [2.75, 3.05) is 12.3 Å². The van der Waals surface area contributed by atoms with E-state index in [0.29, 0.717) is 0 Å². The van der Waals surface area contributed by atoms with Crippen LogP contribution in [0.1, 0.15) is 0 Å². The Bertz CT molecular complexity index is 433. The number of nitrogens with two attached hydrogens (primary N) is 1. The van der Waals surface area contributed by atoms with Crippen molar-refractivity contribution in [3.8, 4) is 0 Å². The van der Waals surface area contributed by atoms with Crippen molar-refractivity contribution in [1.29, 1.82) is 0 Å². The van der Waals surface area contributed by atoms with Gasteiger partial charge < -0.3 is 5.73 Å². The lowest BCUT2D eigenvalue weighted by Crippen LogP contribution is -2.15. The summed E-state index contributed by atoms with van der Waals surface area (Å²) in [7, 11) is -3.43. The molecule has 6 heteroatoms.